The average Bonchev–Trinajstić information content (AvgIpc) is 2.93. The van der Waals surface area contributed by atoms with Gasteiger partial charge in [-0.2, -0.15) is 5.10 Å². The highest BCUT2D eigenvalue weighted by Gasteiger charge is 2.19. The first-order valence-corrected chi connectivity index (χ1v) is 7.45. The molecule has 0 aliphatic rings. The Morgan fingerprint density at radius 1 is 1.29 bits per heavy atom. The maximum Gasteiger partial charge on any atom is 0.342 e. The highest BCUT2D eigenvalue weighted by Crippen LogP contribution is 2.24. The van der Waals surface area contributed by atoms with Crippen molar-refractivity contribution in [3.63, 3.8) is 0 Å². The molecular weight excluding hydrogens is 314 g/mol. The van der Waals surface area contributed by atoms with E-state index in [0.29, 0.717) is 23.4 Å². The van der Waals surface area contributed by atoms with Crippen LogP contribution in [0.15, 0.2) is 30.5 Å². The minimum Gasteiger partial charge on any atom is -0.460 e. The molecule has 2 rings (SSSR count). The number of aryl methyl sites for hydroxylation is 1. The van der Waals surface area contributed by atoms with Gasteiger partial charge in [0.2, 0.25) is 0 Å². The fourth-order valence-electron chi connectivity index (χ4n) is 2.09. The summed E-state index contributed by atoms with van der Waals surface area (Å²) in [5.74, 6) is -0.510. The van der Waals surface area contributed by atoms with Gasteiger partial charge < -0.3 is 9.47 Å². The minimum absolute atomic E-state index is 0.0235. The van der Waals surface area contributed by atoms with E-state index in [1.807, 2.05) is 13.8 Å². The number of carbonyl (C=O) groups is 1. The van der Waals surface area contributed by atoms with Gasteiger partial charge in [0.05, 0.1) is 17.6 Å². The van der Waals surface area contributed by atoms with Gasteiger partial charge in [-0.1, -0.05) is 0 Å². The lowest BCUT2D eigenvalue weighted by Gasteiger charge is -2.08. The lowest BCUT2D eigenvalue weighted by atomic mass is 10.1. The molecule has 24 heavy (non-hydrogen) atoms. The SMILES string of the molecule is CC(C)OCCOC(=O)c1cn(C)nc1-c1ccc([N+](=O)[O-])cc1. The van der Waals surface area contributed by atoms with E-state index in [4.69, 9.17) is 9.47 Å². The number of nitro groups is 1. The Hall–Kier alpha value is -2.74. The Labute approximate surface area is 139 Å². The fraction of sp³-hybridized carbons (Fsp3) is 0.375. The summed E-state index contributed by atoms with van der Waals surface area (Å²) >= 11 is 0. The highest BCUT2D eigenvalue weighted by atomic mass is 16.6. The molecular formula is C16H19N3O5. The van der Waals surface area contributed by atoms with E-state index in [2.05, 4.69) is 5.10 Å². The minimum atomic E-state index is -0.510. The standard InChI is InChI=1S/C16H19N3O5/c1-11(2)23-8-9-24-16(20)14-10-18(3)17-15(14)12-4-6-13(7-5-12)19(21)22/h4-7,10-11H,8-9H2,1-3H3. The van der Waals surface area contributed by atoms with E-state index in [9.17, 15) is 14.9 Å². The molecule has 1 heterocycles. The summed E-state index contributed by atoms with van der Waals surface area (Å²) in [6, 6.07) is 5.85. The number of ether oxygens (including phenoxy) is 2. The van der Waals surface area contributed by atoms with Crippen LogP contribution in [0.5, 0.6) is 0 Å². The molecule has 0 atom stereocenters. The van der Waals surface area contributed by atoms with Crippen LogP contribution < -0.4 is 0 Å². The van der Waals surface area contributed by atoms with Crippen molar-refractivity contribution in [1.29, 1.82) is 0 Å². The van der Waals surface area contributed by atoms with Crippen molar-refractivity contribution in [1.82, 2.24) is 9.78 Å². The van der Waals surface area contributed by atoms with Crippen molar-refractivity contribution < 1.29 is 19.2 Å². The number of carbonyl (C=O) groups excluding carboxylic acids is 1. The predicted octanol–water partition coefficient (Wildman–Crippen LogP) is 2.58. The van der Waals surface area contributed by atoms with E-state index in [-0.39, 0.29) is 18.4 Å². The first-order valence-electron chi connectivity index (χ1n) is 7.45. The second-order valence-corrected chi connectivity index (χ2v) is 5.42. The van der Waals surface area contributed by atoms with Crippen LogP contribution in [0.2, 0.25) is 0 Å². The van der Waals surface area contributed by atoms with Gasteiger partial charge in [-0.15, -0.1) is 0 Å². The molecule has 128 valence electrons. The molecule has 8 nitrogen and oxygen atoms in total. The predicted molar refractivity (Wildman–Crippen MR) is 86.7 cm³/mol. The summed E-state index contributed by atoms with van der Waals surface area (Å²) in [5, 5.41) is 15.0. The van der Waals surface area contributed by atoms with Gasteiger partial charge in [-0.05, 0) is 26.0 Å². The third kappa shape index (κ3) is 4.39. The van der Waals surface area contributed by atoms with Crippen LogP contribution in [0.4, 0.5) is 5.69 Å². The molecule has 0 amide bonds. The van der Waals surface area contributed by atoms with Crippen molar-refractivity contribution in [2.45, 2.75) is 20.0 Å². The Morgan fingerprint density at radius 3 is 2.54 bits per heavy atom. The zero-order valence-corrected chi connectivity index (χ0v) is 13.8. The number of hydrogen-bond donors (Lipinski definition) is 0. The van der Waals surface area contributed by atoms with Gasteiger partial charge in [-0.3, -0.25) is 14.8 Å². The summed E-state index contributed by atoms with van der Waals surface area (Å²) < 4.78 is 12.0. The van der Waals surface area contributed by atoms with Gasteiger partial charge in [0.15, 0.2) is 0 Å². The summed E-state index contributed by atoms with van der Waals surface area (Å²) in [7, 11) is 1.69. The zero-order chi connectivity index (χ0) is 17.7. The van der Waals surface area contributed by atoms with Crippen molar-refractivity contribution >= 4 is 11.7 Å². The molecule has 8 heteroatoms. The Bertz CT molecular complexity index is 722. The Morgan fingerprint density at radius 2 is 1.96 bits per heavy atom. The number of rotatable bonds is 7. The lowest BCUT2D eigenvalue weighted by molar-refractivity contribution is -0.384. The Balaban J connectivity index is 2.14. The molecule has 0 spiro atoms. The largest absolute Gasteiger partial charge is 0.460 e. The van der Waals surface area contributed by atoms with Crippen molar-refractivity contribution in [3.8, 4) is 11.3 Å². The summed E-state index contributed by atoms with van der Waals surface area (Å²) in [5.41, 5.74) is 1.30. The molecule has 0 N–H and O–H groups in total. The van der Waals surface area contributed by atoms with Crippen molar-refractivity contribution in [2.75, 3.05) is 13.2 Å². The molecule has 1 aromatic heterocycles. The molecule has 0 aliphatic carbocycles. The van der Waals surface area contributed by atoms with Gasteiger partial charge >= 0.3 is 5.97 Å². The molecule has 0 saturated carbocycles. The smallest absolute Gasteiger partial charge is 0.342 e. The number of esters is 1. The van der Waals surface area contributed by atoms with Crippen LogP contribution >= 0.6 is 0 Å². The lowest BCUT2D eigenvalue weighted by Crippen LogP contribution is -2.13. The number of nitro benzene ring substituents is 1. The molecule has 0 unspecified atom stereocenters. The van der Waals surface area contributed by atoms with Crippen molar-refractivity contribution in [2.24, 2.45) is 7.05 Å². The number of hydrogen-bond acceptors (Lipinski definition) is 6. The summed E-state index contributed by atoms with van der Waals surface area (Å²) in [4.78, 5) is 22.5. The molecule has 2 aromatic rings. The van der Waals surface area contributed by atoms with E-state index in [1.165, 1.54) is 16.8 Å². The van der Waals surface area contributed by atoms with E-state index >= 15 is 0 Å². The fourth-order valence-corrected chi connectivity index (χ4v) is 2.09. The Kier molecular flexibility index (Phi) is 5.64. The van der Waals surface area contributed by atoms with Gasteiger partial charge in [0.25, 0.3) is 5.69 Å². The van der Waals surface area contributed by atoms with Crippen LogP contribution in [-0.2, 0) is 16.5 Å². The van der Waals surface area contributed by atoms with E-state index in [1.54, 1.807) is 25.4 Å². The summed E-state index contributed by atoms with van der Waals surface area (Å²) in [6.45, 7) is 4.26. The van der Waals surface area contributed by atoms with Crippen LogP contribution in [0.1, 0.15) is 24.2 Å². The van der Waals surface area contributed by atoms with Gasteiger partial charge in [-0.25, -0.2) is 4.79 Å². The maximum atomic E-state index is 12.2. The molecule has 1 aromatic carbocycles. The first-order chi connectivity index (χ1) is 11.4. The van der Waals surface area contributed by atoms with Crippen LogP contribution in [-0.4, -0.2) is 40.0 Å². The molecule has 0 aliphatic heterocycles. The number of non-ortho nitro benzene ring substituents is 1. The quantitative estimate of drug-likeness (QED) is 0.334. The maximum absolute atomic E-state index is 12.2. The molecule has 0 bridgehead atoms. The zero-order valence-electron chi connectivity index (χ0n) is 13.8. The third-order valence-electron chi connectivity index (χ3n) is 3.17. The average molecular weight is 333 g/mol. The summed E-state index contributed by atoms with van der Waals surface area (Å²) in [6.07, 6.45) is 1.63. The number of nitrogens with zero attached hydrogens (tertiary/aromatic N) is 3. The van der Waals surface area contributed by atoms with Crippen molar-refractivity contribution in [3.05, 3.63) is 46.1 Å². The highest BCUT2D eigenvalue weighted by molar-refractivity contribution is 5.96. The molecule has 0 radical (unpaired) electrons. The first kappa shape index (κ1) is 17.6. The number of benzene rings is 1. The van der Waals surface area contributed by atoms with Gasteiger partial charge in [0.1, 0.15) is 17.9 Å². The van der Waals surface area contributed by atoms with Crippen LogP contribution in [0.25, 0.3) is 11.3 Å². The molecule has 0 saturated heterocycles. The van der Waals surface area contributed by atoms with E-state index < -0.39 is 10.9 Å². The van der Waals surface area contributed by atoms with Gasteiger partial charge in [0, 0.05) is 30.9 Å². The molecule has 0 fully saturated rings. The monoisotopic (exact) mass is 333 g/mol. The van der Waals surface area contributed by atoms with Crippen LogP contribution in [0.3, 0.4) is 0 Å². The van der Waals surface area contributed by atoms with E-state index in [0.717, 1.165) is 0 Å². The third-order valence-corrected chi connectivity index (χ3v) is 3.17. The second kappa shape index (κ2) is 7.69. The number of aromatic nitrogens is 2. The second-order valence-electron chi connectivity index (χ2n) is 5.42. The van der Waals surface area contributed by atoms with Crippen LogP contribution in [0, 0.1) is 10.1 Å². The normalized spacial score (nSPS) is 10.8. The topological polar surface area (TPSA) is 96.5 Å².